The van der Waals surface area contributed by atoms with E-state index in [-0.39, 0.29) is 28.3 Å². The molecule has 0 N–H and O–H groups in total. The quantitative estimate of drug-likeness (QED) is 0.281. The summed E-state index contributed by atoms with van der Waals surface area (Å²) in [6, 6.07) is 15.2. The van der Waals surface area contributed by atoms with E-state index in [1.54, 1.807) is 12.1 Å². The molecule has 2 aromatic carbocycles. The molecular weight excluding hydrogens is 432 g/mol. The molecule has 2 amide bonds. The lowest BCUT2D eigenvalue weighted by Crippen LogP contribution is -2.27. The number of hydrogen-bond donors (Lipinski definition) is 0. The zero-order valence-electron chi connectivity index (χ0n) is 17.2. The van der Waals surface area contributed by atoms with Gasteiger partial charge in [0.05, 0.1) is 35.1 Å². The van der Waals surface area contributed by atoms with Crippen LogP contribution in [0.2, 0.25) is 0 Å². The third-order valence-corrected chi connectivity index (χ3v) is 5.77. The number of ether oxygens (including phenoxy) is 1. The number of carbonyl (C=O) groups excluding carboxylic acids is 2. The van der Waals surface area contributed by atoms with Gasteiger partial charge in [-0.25, -0.2) is 0 Å². The highest BCUT2D eigenvalue weighted by Crippen LogP contribution is 2.37. The van der Waals surface area contributed by atoms with Crippen LogP contribution in [0.5, 0.6) is 5.75 Å². The van der Waals surface area contributed by atoms with E-state index in [1.807, 2.05) is 31.2 Å². The summed E-state index contributed by atoms with van der Waals surface area (Å²) in [5.74, 6) is 0.703. The number of nitro groups is 1. The van der Waals surface area contributed by atoms with E-state index in [0.717, 1.165) is 22.9 Å². The molecule has 1 saturated heterocycles. The Morgan fingerprint density at radius 2 is 1.97 bits per heavy atom. The normalized spacial score (nSPS) is 14.9. The second kappa shape index (κ2) is 8.72. The lowest BCUT2D eigenvalue weighted by Gasteiger charge is -2.12. The number of amides is 2. The van der Waals surface area contributed by atoms with Crippen molar-refractivity contribution in [3.63, 3.8) is 0 Å². The number of rotatable bonds is 6. The topological polar surface area (TPSA) is 103 Å². The maximum absolute atomic E-state index is 12.8. The average molecular weight is 450 g/mol. The maximum atomic E-state index is 12.8. The second-order valence-corrected chi connectivity index (χ2v) is 8.09. The molecule has 0 bridgehead atoms. The van der Waals surface area contributed by atoms with Gasteiger partial charge >= 0.3 is 0 Å². The molecule has 0 atom stereocenters. The van der Waals surface area contributed by atoms with Gasteiger partial charge in [-0.1, -0.05) is 29.8 Å². The van der Waals surface area contributed by atoms with Crippen molar-refractivity contribution in [1.82, 2.24) is 4.90 Å². The van der Waals surface area contributed by atoms with E-state index in [4.69, 9.17) is 9.15 Å². The summed E-state index contributed by atoms with van der Waals surface area (Å²) in [7, 11) is 1.41. The van der Waals surface area contributed by atoms with Gasteiger partial charge in [0.25, 0.3) is 16.8 Å². The molecule has 32 heavy (non-hydrogen) atoms. The van der Waals surface area contributed by atoms with E-state index in [2.05, 4.69) is 0 Å². The van der Waals surface area contributed by atoms with Gasteiger partial charge < -0.3 is 9.15 Å². The van der Waals surface area contributed by atoms with Crippen molar-refractivity contribution in [2.24, 2.45) is 0 Å². The fraction of sp³-hybridized carbons (Fsp3) is 0.130. The third kappa shape index (κ3) is 4.28. The molecule has 0 aliphatic carbocycles. The van der Waals surface area contributed by atoms with Crippen molar-refractivity contribution in [2.75, 3.05) is 7.11 Å². The van der Waals surface area contributed by atoms with Crippen LogP contribution in [-0.2, 0) is 11.3 Å². The molecule has 0 unspecified atom stereocenters. The highest BCUT2D eigenvalue weighted by Gasteiger charge is 2.35. The van der Waals surface area contributed by atoms with Crippen molar-refractivity contribution < 1.29 is 23.7 Å². The van der Waals surface area contributed by atoms with Gasteiger partial charge in [-0.15, -0.1) is 0 Å². The van der Waals surface area contributed by atoms with Crippen molar-refractivity contribution in [3.05, 3.63) is 86.5 Å². The Morgan fingerprint density at radius 3 is 2.69 bits per heavy atom. The van der Waals surface area contributed by atoms with Crippen molar-refractivity contribution in [3.8, 4) is 17.1 Å². The first kappa shape index (κ1) is 21.4. The van der Waals surface area contributed by atoms with Crippen LogP contribution in [0.25, 0.3) is 17.4 Å². The van der Waals surface area contributed by atoms with Gasteiger partial charge in [0.15, 0.2) is 0 Å². The number of thioether (sulfide) groups is 1. The van der Waals surface area contributed by atoms with Crippen LogP contribution < -0.4 is 4.74 Å². The number of nitro benzene ring substituents is 1. The van der Waals surface area contributed by atoms with Crippen LogP contribution >= 0.6 is 11.8 Å². The fourth-order valence-electron chi connectivity index (χ4n) is 3.33. The van der Waals surface area contributed by atoms with Crippen molar-refractivity contribution in [2.45, 2.75) is 13.5 Å². The first-order chi connectivity index (χ1) is 15.4. The molecule has 1 aliphatic rings. The smallest absolute Gasteiger partial charge is 0.293 e. The molecule has 1 aromatic heterocycles. The van der Waals surface area contributed by atoms with E-state index in [9.17, 15) is 19.7 Å². The predicted octanol–water partition coefficient (Wildman–Crippen LogP) is 5.41. The third-order valence-electron chi connectivity index (χ3n) is 4.86. The summed E-state index contributed by atoms with van der Waals surface area (Å²) in [6.07, 6.45) is 1.52. The number of furan rings is 1. The van der Waals surface area contributed by atoms with Crippen LogP contribution in [0.15, 0.2) is 63.9 Å². The van der Waals surface area contributed by atoms with Gasteiger partial charge in [-0.3, -0.25) is 24.6 Å². The largest absolute Gasteiger partial charge is 0.496 e. The van der Waals surface area contributed by atoms with E-state index < -0.39 is 4.92 Å². The summed E-state index contributed by atoms with van der Waals surface area (Å²) in [5, 5.41) is 10.6. The number of methoxy groups -OCH3 is 1. The average Bonchev–Trinajstić information content (AvgIpc) is 3.33. The lowest BCUT2D eigenvalue weighted by atomic mass is 10.1. The molecule has 1 fully saturated rings. The molecule has 0 spiro atoms. The van der Waals surface area contributed by atoms with Crippen LogP contribution in [-0.4, -0.2) is 28.1 Å². The highest BCUT2D eigenvalue weighted by atomic mass is 32.2. The van der Waals surface area contributed by atoms with Gasteiger partial charge in [-0.05, 0) is 42.4 Å². The predicted molar refractivity (Wildman–Crippen MR) is 120 cm³/mol. The molecule has 2 heterocycles. The van der Waals surface area contributed by atoms with Gasteiger partial charge in [0.2, 0.25) is 0 Å². The lowest BCUT2D eigenvalue weighted by molar-refractivity contribution is -0.384. The van der Waals surface area contributed by atoms with Gasteiger partial charge in [-0.2, -0.15) is 0 Å². The number of non-ortho nitro benzene ring substituents is 1. The minimum atomic E-state index is -0.507. The molecule has 1 aliphatic heterocycles. The number of nitrogens with zero attached hydrogens (tertiary/aromatic N) is 2. The Kier molecular flexibility index (Phi) is 5.83. The van der Waals surface area contributed by atoms with E-state index in [0.29, 0.717) is 22.8 Å². The summed E-state index contributed by atoms with van der Waals surface area (Å²) < 4.78 is 11.1. The number of carbonyl (C=O) groups is 2. The molecular formula is C23H18N2O6S. The fourth-order valence-corrected chi connectivity index (χ4v) is 4.15. The molecule has 9 heteroatoms. The van der Waals surface area contributed by atoms with Crippen LogP contribution in [0.3, 0.4) is 0 Å². The summed E-state index contributed by atoms with van der Waals surface area (Å²) >= 11 is 0.857. The highest BCUT2D eigenvalue weighted by molar-refractivity contribution is 8.18. The Balaban J connectivity index is 1.56. The maximum Gasteiger partial charge on any atom is 0.293 e. The molecule has 162 valence electrons. The molecule has 4 rings (SSSR count). The molecule has 0 saturated carbocycles. The molecule has 3 aromatic rings. The SMILES string of the molecule is COc1cc([N+](=O)[O-])ccc1-c1ccc(/C=C2/SC(=O)N(Cc3cccc(C)c3)C2=O)o1. The monoisotopic (exact) mass is 450 g/mol. The Hall–Kier alpha value is -3.85. The second-order valence-electron chi connectivity index (χ2n) is 7.10. The first-order valence-electron chi connectivity index (χ1n) is 9.59. The van der Waals surface area contributed by atoms with Crippen molar-refractivity contribution in [1.29, 1.82) is 0 Å². The van der Waals surface area contributed by atoms with Gasteiger partial charge in [0, 0.05) is 12.1 Å². The zero-order valence-corrected chi connectivity index (χ0v) is 18.0. The number of aryl methyl sites for hydroxylation is 1. The zero-order chi connectivity index (χ0) is 22.8. The Labute approximate surface area is 187 Å². The Bertz CT molecular complexity index is 1260. The number of benzene rings is 2. The molecule has 8 nitrogen and oxygen atoms in total. The minimum Gasteiger partial charge on any atom is -0.496 e. The minimum absolute atomic E-state index is 0.0975. The van der Waals surface area contributed by atoms with Crippen LogP contribution in [0, 0.1) is 17.0 Å². The summed E-state index contributed by atoms with van der Waals surface area (Å²) in [4.78, 5) is 37.1. The number of hydrogen-bond acceptors (Lipinski definition) is 7. The van der Waals surface area contributed by atoms with Crippen LogP contribution in [0.1, 0.15) is 16.9 Å². The Morgan fingerprint density at radius 1 is 1.16 bits per heavy atom. The number of imide groups is 1. The first-order valence-corrected chi connectivity index (χ1v) is 10.4. The van der Waals surface area contributed by atoms with E-state index >= 15 is 0 Å². The van der Waals surface area contributed by atoms with Crippen LogP contribution in [0.4, 0.5) is 10.5 Å². The summed E-state index contributed by atoms with van der Waals surface area (Å²) in [6.45, 7) is 2.15. The standard InChI is InChI=1S/C23H18N2O6S/c1-14-4-3-5-15(10-14)13-24-22(26)21(32-23(24)27)12-17-7-9-19(31-17)18-8-6-16(25(28)29)11-20(18)30-2/h3-12H,13H2,1-2H3/b21-12+. The van der Waals surface area contributed by atoms with Gasteiger partial charge in [0.1, 0.15) is 17.3 Å². The van der Waals surface area contributed by atoms with E-state index in [1.165, 1.54) is 36.3 Å². The van der Waals surface area contributed by atoms with Crippen molar-refractivity contribution >= 4 is 34.7 Å². The summed E-state index contributed by atoms with van der Waals surface area (Å²) in [5.41, 5.74) is 2.36. The molecule has 0 radical (unpaired) electrons.